The molecule has 0 aliphatic heterocycles. The summed E-state index contributed by atoms with van der Waals surface area (Å²) in [6, 6.07) is 0. The molecule has 4 nitrogen and oxygen atoms in total. The number of rotatable bonds is 7. The number of carboxylic acid groups (broad SMARTS) is 1. The fourth-order valence-electron chi connectivity index (χ4n) is 1.59. The van der Waals surface area contributed by atoms with Gasteiger partial charge in [0.05, 0.1) is 0 Å². The van der Waals surface area contributed by atoms with Crippen molar-refractivity contribution in [1.82, 2.24) is 10.2 Å². The van der Waals surface area contributed by atoms with Gasteiger partial charge in [0.15, 0.2) is 0 Å². The van der Waals surface area contributed by atoms with Crippen LogP contribution in [0.1, 0.15) is 27.2 Å². The Morgan fingerprint density at radius 2 is 2.07 bits per heavy atom. The Morgan fingerprint density at radius 1 is 1.50 bits per heavy atom. The Bertz CT molecular complexity index is 185. The standard InChI is InChI=1S/C10H22N2O2/c1-5-7-12(4)8-10(3,9(13)14)11-6-2/h11H,5-8H2,1-4H3,(H,13,14). The van der Waals surface area contributed by atoms with Gasteiger partial charge in [0.1, 0.15) is 5.54 Å². The summed E-state index contributed by atoms with van der Waals surface area (Å²) in [4.78, 5) is 13.1. The maximum absolute atomic E-state index is 11.1. The third-order valence-electron chi connectivity index (χ3n) is 2.23. The zero-order valence-electron chi connectivity index (χ0n) is 9.63. The second-order valence-electron chi connectivity index (χ2n) is 3.91. The molecule has 0 aromatic heterocycles. The zero-order chi connectivity index (χ0) is 11.2. The lowest BCUT2D eigenvalue weighted by Crippen LogP contribution is -2.56. The first-order valence-corrected chi connectivity index (χ1v) is 5.13. The molecule has 0 radical (unpaired) electrons. The number of nitrogens with one attached hydrogen (secondary N) is 1. The van der Waals surface area contributed by atoms with Gasteiger partial charge in [-0.1, -0.05) is 13.8 Å². The molecule has 0 aliphatic rings. The van der Waals surface area contributed by atoms with Crippen molar-refractivity contribution in [3.63, 3.8) is 0 Å². The van der Waals surface area contributed by atoms with Gasteiger partial charge in [-0.25, -0.2) is 0 Å². The molecular formula is C10H22N2O2. The van der Waals surface area contributed by atoms with Crippen LogP contribution in [0.2, 0.25) is 0 Å². The molecule has 0 amide bonds. The molecule has 0 rings (SSSR count). The molecule has 0 bridgehead atoms. The van der Waals surface area contributed by atoms with Crippen molar-refractivity contribution in [2.45, 2.75) is 32.7 Å². The highest BCUT2D eigenvalue weighted by atomic mass is 16.4. The SMILES string of the molecule is CCCN(C)CC(C)(NCC)C(=O)O. The minimum atomic E-state index is -0.835. The van der Waals surface area contributed by atoms with Crippen LogP contribution in [0, 0.1) is 0 Å². The Morgan fingerprint density at radius 3 is 2.43 bits per heavy atom. The second-order valence-corrected chi connectivity index (χ2v) is 3.91. The van der Waals surface area contributed by atoms with Crippen LogP contribution in [0.3, 0.4) is 0 Å². The number of hydrogen-bond acceptors (Lipinski definition) is 3. The minimum Gasteiger partial charge on any atom is -0.480 e. The summed E-state index contributed by atoms with van der Waals surface area (Å²) in [5.74, 6) is -0.790. The van der Waals surface area contributed by atoms with Gasteiger partial charge in [-0.15, -0.1) is 0 Å². The van der Waals surface area contributed by atoms with E-state index in [1.807, 2.05) is 18.9 Å². The van der Waals surface area contributed by atoms with Crippen molar-refractivity contribution in [2.24, 2.45) is 0 Å². The Hall–Kier alpha value is -0.610. The Balaban J connectivity index is 4.28. The van der Waals surface area contributed by atoms with E-state index in [1.165, 1.54) is 0 Å². The fourth-order valence-corrected chi connectivity index (χ4v) is 1.59. The quantitative estimate of drug-likeness (QED) is 0.640. The number of carboxylic acids is 1. The lowest BCUT2D eigenvalue weighted by Gasteiger charge is -2.30. The molecule has 0 heterocycles. The molecule has 4 heteroatoms. The largest absolute Gasteiger partial charge is 0.480 e. The highest BCUT2D eigenvalue weighted by Gasteiger charge is 2.32. The van der Waals surface area contributed by atoms with E-state index in [0.717, 1.165) is 13.0 Å². The lowest BCUT2D eigenvalue weighted by atomic mass is 10.0. The van der Waals surface area contributed by atoms with Crippen molar-refractivity contribution >= 4 is 5.97 Å². The molecule has 0 aromatic rings. The molecule has 0 aliphatic carbocycles. The smallest absolute Gasteiger partial charge is 0.324 e. The summed E-state index contributed by atoms with van der Waals surface area (Å²) in [7, 11) is 1.95. The predicted molar refractivity (Wildman–Crippen MR) is 57.5 cm³/mol. The third kappa shape index (κ3) is 4.07. The molecule has 0 aromatic carbocycles. The fraction of sp³-hybridized carbons (Fsp3) is 0.900. The topological polar surface area (TPSA) is 52.6 Å². The van der Waals surface area contributed by atoms with E-state index in [0.29, 0.717) is 13.1 Å². The molecule has 84 valence electrons. The van der Waals surface area contributed by atoms with Gasteiger partial charge in [-0.2, -0.15) is 0 Å². The Labute approximate surface area is 86.3 Å². The molecule has 0 spiro atoms. The summed E-state index contributed by atoms with van der Waals surface area (Å²) >= 11 is 0. The highest BCUT2D eigenvalue weighted by Crippen LogP contribution is 2.06. The summed E-state index contributed by atoms with van der Waals surface area (Å²) in [5, 5.41) is 12.1. The molecule has 1 unspecified atom stereocenters. The first-order chi connectivity index (χ1) is 6.46. The Kier molecular flexibility index (Phi) is 5.72. The first kappa shape index (κ1) is 13.4. The van der Waals surface area contributed by atoms with Gasteiger partial charge >= 0.3 is 5.97 Å². The van der Waals surface area contributed by atoms with Gasteiger partial charge in [0.2, 0.25) is 0 Å². The average molecular weight is 202 g/mol. The van der Waals surface area contributed by atoms with E-state index in [2.05, 4.69) is 12.2 Å². The number of carbonyl (C=O) groups is 1. The van der Waals surface area contributed by atoms with Crippen LogP contribution in [0.4, 0.5) is 0 Å². The van der Waals surface area contributed by atoms with Gasteiger partial charge in [-0.05, 0) is 33.5 Å². The van der Waals surface area contributed by atoms with Crippen LogP contribution in [0.5, 0.6) is 0 Å². The zero-order valence-corrected chi connectivity index (χ0v) is 9.63. The summed E-state index contributed by atoms with van der Waals surface area (Å²) in [5.41, 5.74) is -0.835. The van der Waals surface area contributed by atoms with Crippen LogP contribution in [-0.4, -0.2) is 48.2 Å². The lowest BCUT2D eigenvalue weighted by molar-refractivity contribution is -0.144. The monoisotopic (exact) mass is 202 g/mol. The van der Waals surface area contributed by atoms with Crippen LogP contribution >= 0.6 is 0 Å². The van der Waals surface area contributed by atoms with Gasteiger partial charge in [0, 0.05) is 6.54 Å². The number of hydrogen-bond donors (Lipinski definition) is 2. The summed E-state index contributed by atoms with van der Waals surface area (Å²) in [6.07, 6.45) is 1.04. The van der Waals surface area contributed by atoms with Crippen LogP contribution in [0.15, 0.2) is 0 Å². The van der Waals surface area contributed by atoms with Crippen molar-refractivity contribution < 1.29 is 9.90 Å². The molecule has 0 saturated carbocycles. The van der Waals surface area contributed by atoms with E-state index < -0.39 is 11.5 Å². The maximum Gasteiger partial charge on any atom is 0.324 e. The molecule has 1 atom stereocenters. The van der Waals surface area contributed by atoms with Crippen molar-refractivity contribution in [3.8, 4) is 0 Å². The molecular weight excluding hydrogens is 180 g/mol. The molecule has 14 heavy (non-hydrogen) atoms. The summed E-state index contributed by atoms with van der Waals surface area (Å²) in [6.45, 7) is 7.86. The van der Waals surface area contributed by atoms with E-state index in [1.54, 1.807) is 6.92 Å². The molecule has 0 saturated heterocycles. The highest BCUT2D eigenvalue weighted by molar-refractivity contribution is 5.78. The number of nitrogens with zero attached hydrogens (tertiary/aromatic N) is 1. The average Bonchev–Trinajstić information content (AvgIpc) is 2.04. The van der Waals surface area contributed by atoms with Crippen LogP contribution in [-0.2, 0) is 4.79 Å². The number of aliphatic carboxylic acids is 1. The van der Waals surface area contributed by atoms with Crippen LogP contribution < -0.4 is 5.32 Å². The third-order valence-corrected chi connectivity index (χ3v) is 2.23. The summed E-state index contributed by atoms with van der Waals surface area (Å²) < 4.78 is 0. The van der Waals surface area contributed by atoms with Gasteiger partial charge in [-0.3, -0.25) is 4.79 Å². The van der Waals surface area contributed by atoms with Crippen molar-refractivity contribution in [1.29, 1.82) is 0 Å². The van der Waals surface area contributed by atoms with Crippen LogP contribution in [0.25, 0.3) is 0 Å². The number of likely N-dealkylation sites (N-methyl/N-ethyl adjacent to an activating group) is 2. The second kappa shape index (κ2) is 5.98. The normalized spacial score (nSPS) is 15.5. The van der Waals surface area contributed by atoms with Gasteiger partial charge in [0.25, 0.3) is 0 Å². The van der Waals surface area contributed by atoms with E-state index in [9.17, 15) is 4.79 Å². The van der Waals surface area contributed by atoms with E-state index >= 15 is 0 Å². The van der Waals surface area contributed by atoms with Crippen molar-refractivity contribution in [3.05, 3.63) is 0 Å². The predicted octanol–water partition coefficient (Wildman–Crippen LogP) is 0.781. The maximum atomic E-state index is 11.1. The van der Waals surface area contributed by atoms with E-state index in [4.69, 9.17) is 5.11 Å². The van der Waals surface area contributed by atoms with E-state index in [-0.39, 0.29) is 0 Å². The van der Waals surface area contributed by atoms with Crippen molar-refractivity contribution in [2.75, 3.05) is 26.7 Å². The first-order valence-electron chi connectivity index (χ1n) is 5.13. The molecule has 2 N–H and O–H groups in total. The molecule has 0 fully saturated rings. The minimum absolute atomic E-state index is 0.532. The van der Waals surface area contributed by atoms with Gasteiger partial charge < -0.3 is 15.3 Å².